The van der Waals surface area contributed by atoms with Gasteiger partial charge in [-0.25, -0.2) is 0 Å². The lowest BCUT2D eigenvalue weighted by atomic mass is 10.1. The Kier molecular flexibility index (Phi) is 18.9. The minimum Gasteiger partial charge on any atom is -0.466 e. The van der Waals surface area contributed by atoms with E-state index in [0.717, 1.165) is 38.7 Å². The first kappa shape index (κ1) is 22.4. The Morgan fingerprint density at radius 1 is 0.609 bits per heavy atom. The summed E-state index contributed by atoms with van der Waals surface area (Å²) in [6.45, 7) is 7.62. The summed E-state index contributed by atoms with van der Waals surface area (Å²) in [5.74, 6) is -0.107. The topological polar surface area (TPSA) is 44.8 Å². The normalized spacial score (nSPS) is 10.9. The minimum atomic E-state index is -0.107. The number of unbranched alkanes of at least 4 members (excludes halogenated alkanes) is 7. The molecule has 0 unspecified atom stereocenters. The van der Waals surface area contributed by atoms with Crippen LogP contribution < -0.4 is 0 Å². The molecule has 0 N–H and O–H groups in total. The van der Waals surface area contributed by atoms with Gasteiger partial charge in [0.05, 0.1) is 19.8 Å². The minimum absolute atomic E-state index is 0.107. The molecule has 0 aliphatic carbocycles. The van der Waals surface area contributed by atoms with Crippen molar-refractivity contribution in [2.45, 2.75) is 84.5 Å². The summed E-state index contributed by atoms with van der Waals surface area (Å²) in [6, 6.07) is 0. The molecule has 4 heteroatoms. The number of esters is 1. The average Bonchev–Trinajstić information content (AvgIpc) is 2.56. The van der Waals surface area contributed by atoms with Gasteiger partial charge in [-0.2, -0.15) is 0 Å². The number of ether oxygens (including phenoxy) is 3. The lowest BCUT2D eigenvalue weighted by molar-refractivity contribution is -0.144. The molecule has 0 bridgehead atoms. The van der Waals surface area contributed by atoms with Crippen LogP contribution in [0.3, 0.4) is 0 Å². The predicted molar refractivity (Wildman–Crippen MR) is 94.7 cm³/mol. The molecule has 0 aromatic heterocycles. The van der Waals surface area contributed by atoms with Crippen molar-refractivity contribution in [1.82, 2.24) is 0 Å². The van der Waals surface area contributed by atoms with Crippen molar-refractivity contribution in [1.29, 1.82) is 0 Å². The van der Waals surface area contributed by atoms with Crippen molar-refractivity contribution in [2.24, 2.45) is 0 Å². The maximum atomic E-state index is 11.4. The zero-order valence-electron chi connectivity index (χ0n) is 15.4. The predicted octanol–water partition coefficient (Wildman–Crippen LogP) is 4.89. The fraction of sp³-hybridized carbons (Fsp3) is 0.947. The van der Waals surface area contributed by atoms with Crippen LogP contribution >= 0.6 is 0 Å². The molecule has 0 saturated carbocycles. The number of rotatable bonds is 18. The van der Waals surface area contributed by atoms with E-state index in [1.807, 2.05) is 0 Å². The third-order valence-corrected chi connectivity index (χ3v) is 3.69. The van der Waals surface area contributed by atoms with Crippen LogP contribution in [0, 0.1) is 0 Å². The zero-order valence-corrected chi connectivity index (χ0v) is 15.4. The summed E-state index contributed by atoms with van der Waals surface area (Å²) in [6.07, 6.45) is 12.1. The van der Waals surface area contributed by atoms with E-state index in [1.165, 1.54) is 32.1 Å². The number of hydrogen-bond acceptors (Lipinski definition) is 4. The van der Waals surface area contributed by atoms with Crippen LogP contribution in [0.2, 0.25) is 0 Å². The highest BCUT2D eigenvalue weighted by Crippen LogP contribution is 2.04. The molecule has 138 valence electrons. The molecule has 0 rings (SSSR count). The first-order chi connectivity index (χ1) is 11.3. The molecule has 23 heavy (non-hydrogen) atoms. The second kappa shape index (κ2) is 19.4. The molecule has 0 aromatic carbocycles. The zero-order chi connectivity index (χ0) is 17.0. The first-order valence-corrected chi connectivity index (χ1v) is 9.62. The van der Waals surface area contributed by atoms with Crippen LogP contribution in [0.5, 0.6) is 0 Å². The van der Waals surface area contributed by atoms with E-state index >= 15 is 0 Å². The van der Waals surface area contributed by atoms with Crippen molar-refractivity contribution >= 4 is 5.97 Å². The first-order valence-electron chi connectivity index (χ1n) is 9.62. The average molecular weight is 331 g/mol. The van der Waals surface area contributed by atoms with Gasteiger partial charge < -0.3 is 14.2 Å². The van der Waals surface area contributed by atoms with Crippen LogP contribution in [0.4, 0.5) is 0 Å². The maximum absolute atomic E-state index is 11.4. The largest absolute Gasteiger partial charge is 0.466 e. The fourth-order valence-corrected chi connectivity index (χ4v) is 2.24. The number of carbonyl (C=O) groups excluding carboxylic acids is 1. The van der Waals surface area contributed by atoms with Gasteiger partial charge in [0.2, 0.25) is 0 Å². The summed E-state index contributed by atoms with van der Waals surface area (Å²) in [4.78, 5) is 11.4. The molecule has 4 nitrogen and oxygen atoms in total. The van der Waals surface area contributed by atoms with Crippen molar-refractivity contribution in [3.05, 3.63) is 0 Å². The highest BCUT2D eigenvalue weighted by atomic mass is 16.5. The molecule has 0 heterocycles. The Hall–Kier alpha value is -0.610. The third kappa shape index (κ3) is 19.3. The molecule has 0 amide bonds. The van der Waals surface area contributed by atoms with Crippen LogP contribution in [-0.4, -0.2) is 39.0 Å². The SMILES string of the molecule is CCCCCCCCOCCOCCCC(=O)OCCCCC. The van der Waals surface area contributed by atoms with Crippen LogP contribution in [0.1, 0.15) is 84.5 Å². The van der Waals surface area contributed by atoms with E-state index in [1.54, 1.807) is 0 Å². The molecule has 0 fully saturated rings. The Morgan fingerprint density at radius 2 is 1.13 bits per heavy atom. The molecule has 0 aliphatic rings. The van der Waals surface area contributed by atoms with Gasteiger partial charge in [-0.1, -0.05) is 58.8 Å². The van der Waals surface area contributed by atoms with Crippen molar-refractivity contribution in [3.8, 4) is 0 Å². The quantitative estimate of drug-likeness (QED) is 0.265. The molecule has 0 aliphatic heterocycles. The molecule has 0 spiro atoms. The smallest absolute Gasteiger partial charge is 0.305 e. The molecule has 0 aromatic rings. The van der Waals surface area contributed by atoms with E-state index in [4.69, 9.17) is 14.2 Å². The maximum Gasteiger partial charge on any atom is 0.305 e. The third-order valence-electron chi connectivity index (χ3n) is 3.69. The van der Waals surface area contributed by atoms with Gasteiger partial charge in [-0.15, -0.1) is 0 Å². The van der Waals surface area contributed by atoms with Crippen molar-refractivity contribution in [3.63, 3.8) is 0 Å². The molecular formula is C19H38O4. The van der Waals surface area contributed by atoms with Gasteiger partial charge in [-0.3, -0.25) is 4.79 Å². The van der Waals surface area contributed by atoms with Crippen LogP contribution in [-0.2, 0) is 19.0 Å². The summed E-state index contributed by atoms with van der Waals surface area (Å²) >= 11 is 0. The Balaban J connectivity index is 3.08. The van der Waals surface area contributed by atoms with Crippen LogP contribution in [0.25, 0.3) is 0 Å². The van der Waals surface area contributed by atoms with E-state index in [-0.39, 0.29) is 5.97 Å². The molecule has 0 saturated heterocycles. The number of carbonyl (C=O) groups is 1. The summed E-state index contributed by atoms with van der Waals surface area (Å²) in [5, 5.41) is 0. The second-order valence-corrected chi connectivity index (χ2v) is 6.02. The van der Waals surface area contributed by atoms with Gasteiger partial charge >= 0.3 is 5.97 Å². The van der Waals surface area contributed by atoms with Gasteiger partial charge in [0.25, 0.3) is 0 Å². The monoisotopic (exact) mass is 330 g/mol. The fourth-order valence-electron chi connectivity index (χ4n) is 2.24. The lowest BCUT2D eigenvalue weighted by Gasteiger charge is -2.06. The van der Waals surface area contributed by atoms with Gasteiger partial charge in [0.1, 0.15) is 0 Å². The highest BCUT2D eigenvalue weighted by Gasteiger charge is 2.02. The summed E-state index contributed by atoms with van der Waals surface area (Å²) in [7, 11) is 0. The van der Waals surface area contributed by atoms with Crippen molar-refractivity contribution in [2.75, 3.05) is 33.0 Å². The highest BCUT2D eigenvalue weighted by molar-refractivity contribution is 5.69. The Labute approximate surface area is 143 Å². The molecule has 0 radical (unpaired) electrons. The number of hydrogen-bond donors (Lipinski definition) is 0. The second-order valence-electron chi connectivity index (χ2n) is 6.02. The Bertz CT molecular complexity index is 244. The van der Waals surface area contributed by atoms with Gasteiger partial charge in [0, 0.05) is 19.6 Å². The van der Waals surface area contributed by atoms with E-state index in [0.29, 0.717) is 32.8 Å². The van der Waals surface area contributed by atoms with Gasteiger partial charge in [0.15, 0.2) is 0 Å². The van der Waals surface area contributed by atoms with E-state index in [9.17, 15) is 4.79 Å². The Morgan fingerprint density at radius 3 is 1.83 bits per heavy atom. The van der Waals surface area contributed by atoms with Crippen LogP contribution in [0.15, 0.2) is 0 Å². The van der Waals surface area contributed by atoms with Crippen molar-refractivity contribution < 1.29 is 19.0 Å². The van der Waals surface area contributed by atoms with E-state index < -0.39 is 0 Å². The molecule has 0 atom stereocenters. The summed E-state index contributed by atoms with van der Waals surface area (Å²) in [5.41, 5.74) is 0. The van der Waals surface area contributed by atoms with E-state index in [2.05, 4.69) is 13.8 Å². The standard InChI is InChI=1S/C19H38O4/c1-3-5-7-8-9-11-14-21-17-18-22-15-12-13-19(20)23-16-10-6-4-2/h3-18H2,1-2H3. The van der Waals surface area contributed by atoms with Gasteiger partial charge in [-0.05, 0) is 19.3 Å². The summed E-state index contributed by atoms with van der Waals surface area (Å²) < 4.78 is 16.1. The lowest BCUT2D eigenvalue weighted by Crippen LogP contribution is -2.09. The molecular weight excluding hydrogens is 292 g/mol.